The Hall–Kier alpha value is -0.930. The predicted molar refractivity (Wildman–Crippen MR) is 42.1 cm³/mol. The number of carboxylic acids is 1. The molecule has 1 N–H and O–H groups in total. The van der Waals surface area contributed by atoms with Crippen molar-refractivity contribution in [2.45, 2.75) is 43.7 Å². The van der Waals surface area contributed by atoms with Gasteiger partial charge in [0.05, 0.1) is 18.0 Å². The summed E-state index contributed by atoms with van der Waals surface area (Å²) < 4.78 is 0. The zero-order valence-corrected chi connectivity index (χ0v) is 6.86. The van der Waals surface area contributed by atoms with Gasteiger partial charge >= 0.3 is 5.97 Å². The molecular weight excluding hydrogens is 156 g/mol. The number of carboxylic acid groups (broad SMARTS) is 1. The standard InChI is InChI=1S/C8H12N2O2/c11-7(12)5-8-3-1-6(2-4-8)9-10-8/h6H,1-5H2,(H,11,12). The highest BCUT2D eigenvalue weighted by molar-refractivity contribution is 5.68. The van der Waals surface area contributed by atoms with Crippen LogP contribution in [0.5, 0.6) is 0 Å². The number of hydrogen-bond acceptors (Lipinski definition) is 3. The lowest BCUT2D eigenvalue weighted by Crippen LogP contribution is -2.39. The molecule has 4 heteroatoms. The maximum absolute atomic E-state index is 10.5. The van der Waals surface area contributed by atoms with Crippen LogP contribution in [0.15, 0.2) is 10.2 Å². The Balaban J connectivity index is 2.14. The molecule has 2 bridgehead atoms. The first-order valence-electron chi connectivity index (χ1n) is 4.34. The second-order valence-electron chi connectivity index (χ2n) is 3.74. The average molecular weight is 168 g/mol. The first kappa shape index (κ1) is 7.71. The number of azo groups is 1. The van der Waals surface area contributed by atoms with Crippen LogP contribution in [0.25, 0.3) is 0 Å². The second-order valence-corrected chi connectivity index (χ2v) is 3.74. The zero-order valence-electron chi connectivity index (χ0n) is 6.86. The van der Waals surface area contributed by atoms with E-state index in [1.54, 1.807) is 0 Å². The van der Waals surface area contributed by atoms with E-state index in [2.05, 4.69) is 10.2 Å². The van der Waals surface area contributed by atoms with Crippen molar-refractivity contribution < 1.29 is 9.90 Å². The van der Waals surface area contributed by atoms with E-state index >= 15 is 0 Å². The fourth-order valence-corrected chi connectivity index (χ4v) is 2.05. The smallest absolute Gasteiger partial charge is 0.305 e. The van der Waals surface area contributed by atoms with Gasteiger partial charge in [-0.1, -0.05) is 0 Å². The Morgan fingerprint density at radius 2 is 2.17 bits per heavy atom. The third-order valence-electron chi connectivity index (χ3n) is 2.80. The van der Waals surface area contributed by atoms with E-state index in [-0.39, 0.29) is 12.0 Å². The minimum atomic E-state index is -0.755. The summed E-state index contributed by atoms with van der Waals surface area (Å²) in [5.74, 6) is -0.755. The lowest BCUT2D eigenvalue weighted by atomic mass is 9.77. The molecule has 0 amide bonds. The fraction of sp³-hybridized carbons (Fsp3) is 0.875. The minimum absolute atomic E-state index is 0.156. The summed E-state index contributed by atoms with van der Waals surface area (Å²) in [4.78, 5) is 10.5. The number of nitrogens with zero attached hydrogens (tertiary/aromatic N) is 2. The van der Waals surface area contributed by atoms with E-state index in [0.717, 1.165) is 25.7 Å². The molecule has 1 saturated carbocycles. The van der Waals surface area contributed by atoms with Crippen molar-refractivity contribution in [1.82, 2.24) is 0 Å². The Morgan fingerprint density at radius 3 is 2.58 bits per heavy atom. The quantitative estimate of drug-likeness (QED) is 0.680. The summed E-state index contributed by atoms with van der Waals surface area (Å²) in [5, 5.41) is 16.9. The molecule has 3 rings (SSSR count). The van der Waals surface area contributed by atoms with Crippen LogP contribution >= 0.6 is 0 Å². The van der Waals surface area contributed by atoms with Crippen molar-refractivity contribution in [3.8, 4) is 0 Å². The molecular formula is C8H12N2O2. The Kier molecular flexibility index (Phi) is 1.63. The van der Waals surface area contributed by atoms with Gasteiger partial charge in [0.15, 0.2) is 0 Å². The maximum Gasteiger partial charge on any atom is 0.305 e. The molecule has 0 aromatic heterocycles. The predicted octanol–water partition coefficient (Wildman–Crippen LogP) is 1.61. The molecule has 3 aliphatic rings. The molecule has 0 saturated heterocycles. The minimum Gasteiger partial charge on any atom is -0.481 e. The van der Waals surface area contributed by atoms with Crippen LogP contribution in [0.4, 0.5) is 0 Å². The normalized spacial score (nSPS) is 38.5. The third-order valence-corrected chi connectivity index (χ3v) is 2.80. The molecule has 0 aromatic rings. The number of hydrogen-bond donors (Lipinski definition) is 1. The molecule has 1 fully saturated rings. The highest BCUT2D eigenvalue weighted by Gasteiger charge is 2.41. The van der Waals surface area contributed by atoms with Gasteiger partial charge < -0.3 is 5.11 Å². The summed E-state index contributed by atoms with van der Waals surface area (Å²) in [6, 6.07) is 0.390. The number of aliphatic carboxylic acids is 1. The third kappa shape index (κ3) is 1.21. The Labute approximate surface area is 70.7 Å². The van der Waals surface area contributed by atoms with Gasteiger partial charge in [0.2, 0.25) is 0 Å². The van der Waals surface area contributed by atoms with Crippen LogP contribution in [0, 0.1) is 0 Å². The second kappa shape index (κ2) is 2.54. The molecule has 66 valence electrons. The van der Waals surface area contributed by atoms with Crippen LogP contribution in [0.1, 0.15) is 32.1 Å². The maximum atomic E-state index is 10.5. The number of rotatable bonds is 2. The Bertz CT molecular complexity index is 229. The van der Waals surface area contributed by atoms with Crippen molar-refractivity contribution in [3.05, 3.63) is 0 Å². The monoisotopic (exact) mass is 168 g/mol. The fourth-order valence-electron chi connectivity index (χ4n) is 2.05. The summed E-state index contributed by atoms with van der Waals surface area (Å²) in [7, 11) is 0. The van der Waals surface area contributed by atoms with Crippen LogP contribution in [0.2, 0.25) is 0 Å². The van der Waals surface area contributed by atoms with Gasteiger partial charge in [0.25, 0.3) is 0 Å². The summed E-state index contributed by atoms with van der Waals surface area (Å²) in [6.07, 6.45) is 4.03. The summed E-state index contributed by atoms with van der Waals surface area (Å²) in [5.41, 5.74) is -0.333. The zero-order chi connectivity index (χ0) is 8.60. The summed E-state index contributed by atoms with van der Waals surface area (Å²) in [6.45, 7) is 0. The van der Waals surface area contributed by atoms with Gasteiger partial charge in [-0.25, -0.2) is 0 Å². The average Bonchev–Trinajstić information content (AvgIpc) is 2.05. The van der Waals surface area contributed by atoms with Crippen LogP contribution in [-0.4, -0.2) is 22.7 Å². The molecule has 0 unspecified atom stereocenters. The van der Waals surface area contributed by atoms with Crippen molar-refractivity contribution in [2.24, 2.45) is 10.2 Å². The Morgan fingerprint density at radius 1 is 1.50 bits per heavy atom. The topological polar surface area (TPSA) is 62.0 Å². The molecule has 0 spiro atoms. The number of fused-ring (bicyclic) bond motifs is 2. The molecule has 12 heavy (non-hydrogen) atoms. The van der Waals surface area contributed by atoms with E-state index in [9.17, 15) is 4.79 Å². The van der Waals surface area contributed by atoms with Gasteiger partial charge in [-0.15, -0.1) is 0 Å². The van der Waals surface area contributed by atoms with Crippen LogP contribution in [-0.2, 0) is 4.79 Å². The SMILES string of the molecule is O=C(O)CC12CCC(CC1)N=N2. The van der Waals surface area contributed by atoms with Crippen molar-refractivity contribution >= 4 is 5.97 Å². The molecule has 0 radical (unpaired) electrons. The van der Waals surface area contributed by atoms with Gasteiger partial charge in [0, 0.05) is 0 Å². The van der Waals surface area contributed by atoms with Gasteiger partial charge in [0.1, 0.15) is 0 Å². The van der Waals surface area contributed by atoms with E-state index in [1.807, 2.05) is 0 Å². The first-order chi connectivity index (χ1) is 5.70. The lowest BCUT2D eigenvalue weighted by Gasteiger charge is -2.38. The van der Waals surface area contributed by atoms with Gasteiger partial charge in [-0.3, -0.25) is 4.79 Å². The number of carbonyl (C=O) groups is 1. The summed E-state index contributed by atoms with van der Waals surface area (Å²) >= 11 is 0. The largest absolute Gasteiger partial charge is 0.481 e. The van der Waals surface area contributed by atoms with Crippen LogP contribution < -0.4 is 0 Å². The van der Waals surface area contributed by atoms with Crippen molar-refractivity contribution in [1.29, 1.82) is 0 Å². The first-order valence-corrected chi connectivity index (χ1v) is 4.34. The molecule has 0 atom stereocenters. The van der Waals surface area contributed by atoms with E-state index in [4.69, 9.17) is 5.11 Å². The van der Waals surface area contributed by atoms with E-state index in [0.29, 0.717) is 6.04 Å². The molecule has 1 aliphatic carbocycles. The highest BCUT2D eigenvalue weighted by atomic mass is 16.4. The highest BCUT2D eigenvalue weighted by Crippen LogP contribution is 2.40. The van der Waals surface area contributed by atoms with Crippen molar-refractivity contribution in [2.75, 3.05) is 0 Å². The molecule has 0 aromatic carbocycles. The van der Waals surface area contributed by atoms with E-state index in [1.165, 1.54) is 0 Å². The van der Waals surface area contributed by atoms with Gasteiger partial charge in [-0.05, 0) is 25.7 Å². The van der Waals surface area contributed by atoms with Crippen LogP contribution in [0.3, 0.4) is 0 Å². The molecule has 2 aliphatic heterocycles. The lowest BCUT2D eigenvalue weighted by molar-refractivity contribution is -0.139. The molecule has 2 heterocycles. The molecule has 4 nitrogen and oxygen atoms in total. The van der Waals surface area contributed by atoms with Crippen molar-refractivity contribution in [3.63, 3.8) is 0 Å². The van der Waals surface area contributed by atoms with E-state index < -0.39 is 5.97 Å². The van der Waals surface area contributed by atoms with Gasteiger partial charge in [-0.2, -0.15) is 10.2 Å².